The van der Waals surface area contributed by atoms with Crippen molar-refractivity contribution in [3.8, 4) is 5.69 Å². The number of para-hydroxylation sites is 1. The average molecular weight is 188 g/mol. The molecule has 2 heteroatoms. The zero-order chi connectivity index (χ0) is 10.4. The van der Waals surface area contributed by atoms with Crippen LogP contribution in [0.25, 0.3) is 5.69 Å². The molecule has 1 aromatic heterocycles. The van der Waals surface area contributed by atoms with Gasteiger partial charge in [0.15, 0.2) is 0 Å². The number of nitrogens with zero attached hydrogens (tertiary/aromatic N) is 2. The lowest BCUT2D eigenvalue weighted by atomic mass is 10.2. The molecule has 0 aliphatic rings. The first-order valence-corrected chi connectivity index (χ1v) is 4.92. The van der Waals surface area contributed by atoms with Crippen molar-refractivity contribution < 1.29 is 0 Å². The largest absolute Gasteiger partial charge is 0.306 e. The van der Waals surface area contributed by atoms with E-state index in [1.165, 1.54) is 11.3 Å². The Hall–Kier alpha value is -1.57. The van der Waals surface area contributed by atoms with Crippen LogP contribution < -0.4 is 0 Å². The first-order valence-electron chi connectivity index (χ1n) is 4.92. The van der Waals surface area contributed by atoms with Gasteiger partial charge in [-0.3, -0.25) is 0 Å². The van der Waals surface area contributed by atoms with E-state index < -0.39 is 0 Å². The molecule has 14 heavy (non-hydrogen) atoms. The number of rotatable bonds is 1. The van der Waals surface area contributed by atoms with Crippen LogP contribution in [0, 0.1) is 6.92 Å². The molecule has 1 heterocycles. The second-order valence-electron chi connectivity index (χ2n) is 2.76. The Bertz CT molecular complexity index is 364. The van der Waals surface area contributed by atoms with E-state index >= 15 is 0 Å². The molecule has 0 atom stereocenters. The Morgan fingerprint density at radius 3 is 2.43 bits per heavy atom. The fourth-order valence-corrected chi connectivity index (χ4v) is 1.25. The lowest BCUT2D eigenvalue weighted by molar-refractivity contribution is 1.04. The molecule has 1 aromatic carbocycles. The van der Waals surface area contributed by atoms with E-state index in [0.717, 1.165) is 0 Å². The highest BCUT2D eigenvalue weighted by Crippen LogP contribution is 2.11. The second-order valence-corrected chi connectivity index (χ2v) is 2.76. The van der Waals surface area contributed by atoms with Gasteiger partial charge in [-0.05, 0) is 18.6 Å². The van der Waals surface area contributed by atoms with Crippen LogP contribution in [0.4, 0.5) is 0 Å². The van der Waals surface area contributed by atoms with Crippen LogP contribution in [-0.2, 0) is 0 Å². The summed E-state index contributed by atoms with van der Waals surface area (Å²) in [6.07, 6.45) is 5.54. The first kappa shape index (κ1) is 10.5. The number of aryl methyl sites for hydroxylation is 1. The summed E-state index contributed by atoms with van der Waals surface area (Å²) in [5.41, 5.74) is 2.45. The maximum atomic E-state index is 4.00. The zero-order valence-corrected chi connectivity index (χ0v) is 8.94. The van der Waals surface area contributed by atoms with Crippen LogP contribution in [0.2, 0.25) is 0 Å². The number of hydrogen-bond donors (Lipinski definition) is 0. The van der Waals surface area contributed by atoms with E-state index in [0.29, 0.717) is 0 Å². The second kappa shape index (κ2) is 5.22. The smallest absolute Gasteiger partial charge is 0.0991 e. The lowest BCUT2D eigenvalue weighted by Crippen LogP contribution is -1.92. The van der Waals surface area contributed by atoms with Crippen LogP contribution in [0.15, 0.2) is 43.0 Å². The third-order valence-corrected chi connectivity index (χ3v) is 1.90. The van der Waals surface area contributed by atoms with E-state index in [2.05, 4.69) is 24.0 Å². The first-order chi connectivity index (χ1) is 6.88. The fraction of sp³-hybridized carbons (Fsp3) is 0.250. The third kappa shape index (κ3) is 2.22. The van der Waals surface area contributed by atoms with Crippen LogP contribution in [-0.4, -0.2) is 9.55 Å². The van der Waals surface area contributed by atoms with Gasteiger partial charge in [0.05, 0.1) is 6.33 Å². The molecule has 0 fully saturated rings. The normalized spacial score (nSPS) is 9.07. The molecule has 0 unspecified atom stereocenters. The van der Waals surface area contributed by atoms with Crippen molar-refractivity contribution >= 4 is 0 Å². The molecule has 0 bridgehead atoms. The molecule has 0 aliphatic carbocycles. The van der Waals surface area contributed by atoms with Gasteiger partial charge in [0, 0.05) is 18.1 Å². The van der Waals surface area contributed by atoms with Gasteiger partial charge >= 0.3 is 0 Å². The Labute approximate surface area is 85.2 Å². The van der Waals surface area contributed by atoms with Crippen LogP contribution in [0.5, 0.6) is 0 Å². The van der Waals surface area contributed by atoms with E-state index in [9.17, 15) is 0 Å². The standard InChI is InChI=1S/C10H10N2.C2H6/c1-9-4-2-3-5-10(9)12-7-6-11-8-12;1-2/h2-8H,1H3;1-2H3. The maximum absolute atomic E-state index is 4.00. The molecule has 2 rings (SSSR count). The Kier molecular flexibility index (Phi) is 3.92. The van der Waals surface area contributed by atoms with Gasteiger partial charge in [0.1, 0.15) is 0 Å². The summed E-state index contributed by atoms with van der Waals surface area (Å²) in [4.78, 5) is 4.00. The van der Waals surface area contributed by atoms with Gasteiger partial charge in [-0.2, -0.15) is 0 Å². The predicted molar refractivity (Wildman–Crippen MR) is 59.6 cm³/mol. The van der Waals surface area contributed by atoms with Gasteiger partial charge in [0.2, 0.25) is 0 Å². The number of benzene rings is 1. The summed E-state index contributed by atoms with van der Waals surface area (Å²) in [7, 11) is 0. The van der Waals surface area contributed by atoms with Gasteiger partial charge < -0.3 is 4.57 Å². The average Bonchev–Trinajstić information content (AvgIpc) is 2.75. The van der Waals surface area contributed by atoms with Crippen molar-refractivity contribution in [2.75, 3.05) is 0 Å². The van der Waals surface area contributed by atoms with Crippen molar-refractivity contribution in [3.63, 3.8) is 0 Å². The Morgan fingerprint density at radius 1 is 1.14 bits per heavy atom. The highest BCUT2D eigenvalue weighted by atomic mass is 15.0. The van der Waals surface area contributed by atoms with Gasteiger partial charge in [-0.1, -0.05) is 32.0 Å². The van der Waals surface area contributed by atoms with Gasteiger partial charge in [-0.25, -0.2) is 4.98 Å². The predicted octanol–water partition coefficient (Wildman–Crippen LogP) is 3.21. The highest BCUT2D eigenvalue weighted by Gasteiger charge is 1.96. The monoisotopic (exact) mass is 188 g/mol. The molecule has 0 saturated heterocycles. The molecule has 2 nitrogen and oxygen atoms in total. The van der Waals surface area contributed by atoms with Crippen LogP contribution >= 0.6 is 0 Å². The molecular formula is C12H16N2. The van der Waals surface area contributed by atoms with E-state index in [1.54, 1.807) is 6.20 Å². The lowest BCUT2D eigenvalue weighted by Gasteiger charge is -2.04. The summed E-state index contributed by atoms with van der Waals surface area (Å²) in [5, 5.41) is 0. The molecule has 0 amide bonds. The molecule has 0 spiro atoms. The molecule has 74 valence electrons. The van der Waals surface area contributed by atoms with Crippen molar-refractivity contribution in [2.45, 2.75) is 20.8 Å². The van der Waals surface area contributed by atoms with E-state index in [-0.39, 0.29) is 0 Å². The Balaban J connectivity index is 0.000000461. The maximum Gasteiger partial charge on any atom is 0.0991 e. The highest BCUT2D eigenvalue weighted by molar-refractivity contribution is 5.39. The zero-order valence-electron chi connectivity index (χ0n) is 8.94. The minimum atomic E-state index is 1.19. The minimum Gasteiger partial charge on any atom is -0.306 e. The molecule has 0 radical (unpaired) electrons. The fourth-order valence-electron chi connectivity index (χ4n) is 1.25. The van der Waals surface area contributed by atoms with Gasteiger partial charge in [0.25, 0.3) is 0 Å². The molecule has 0 aliphatic heterocycles. The number of aromatic nitrogens is 2. The van der Waals surface area contributed by atoms with Crippen molar-refractivity contribution in [1.82, 2.24) is 9.55 Å². The van der Waals surface area contributed by atoms with E-state index in [4.69, 9.17) is 0 Å². The van der Waals surface area contributed by atoms with Gasteiger partial charge in [-0.15, -0.1) is 0 Å². The molecular weight excluding hydrogens is 172 g/mol. The summed E-state index contributed by atoms with van der Waals surface area (Å²) in [6.45, 7) is 6.09. The van der Waals surface area contributed by atoms with Crippen molar-refractivity contribution in [1.29, 1.82) is 0 Å². The topological polar surface area (TPSA) is 17.8 Å². The van der Waals surface area contributed by atoms with Crippen molar-refractivity contribution in [3.05, 3.63) is 48.5 Å². The summed E-state index contributed by atoms with van der Waals surface area (Å²) in [6, 6.07) is 8.24. The third-order valence-electron chi connectivity index (χ3n) is 1.90. The minimum absolute atomic E-state index is 1.19. The van der Waals surface area contributed by atoms with Crippen molar-refractivity contribution in [2.24, 2.45) is 0 Å². The number of imidazole rings is 1. The summed E-state index contributed by atoms with van der Waals surface area (Å²) >= 11 is 0. The summed E-state index contributed by atoms with van der Waals surface area (Å²) in [5.74, 6) is 0. The molecule has 2 aromatic rings. The SMILES string of the molecule is CC.Cc1ccccc1-n1ccnc1. The quantitative estimate of drug-likeness (QED) is 0.672. The number of hydrogen-bond acceptors (Lipinski definition) is 1. The molecule has 0 N–H and O–H groups in total. The molecule has 0 saturated carbocycles. The van der Waals surface area contributed by atoms with E-state index in [1.807, 2.05) is 43.1 Å². The van der Waals surface area contributed by atoms with Crippen LogP contribution in [0.1, 0.15) is 19.4 Å². The summed E-state index contributed by atoms with van der Waals surface area (Å²) < 4.78 is 2.01. The Morgan fingerprint density at radius 2 is 1.86 bits per heavy atom. The van der Waals surface area contributed by atoms with Crippen LogP contribution in [0.3, 0.4) is 0 Å².